The number of fused-ring (bicyclic) bond motifs is 1. The largest absolute Gasteiger partial charge is 0.444 e. The summed E-state index contributed by atoms with van der Waals surface area (Å²) >= 11 is 0. The number of nitrogens with zero attached hydrogens (tertiary/aromatic N) is 4. The molecule has 0 bridgehead atoms. The molecular formula is C25H34F5N5O6. The lowest BCUT2D eigenvalue weighted by atomic mass is 10.0. The van der Waals surface area contributed by atoms with Gasteiger partial charge in [-0.1, -0.05) is 0 Å². The Hall–Kier alpha value is -3.14. The second-order valence-corrected chi connectivity index (χ2v) is 10.9. The van der Waals surface area contributed by atoms with E-state index >= 15 is 0 Å². The van der Waals surface area contributed by atoms with Crippen LogP contribution in [0.25, 0.3) is 0 Å². The molecule has 3 amide bonds. The number of carbonyl (C=O) groups excluding carboxylic acids is 3. The first-order chi connectivity index (χ1) is 18.9. The van der Waals surface area contributed by atoms with Crippen LogP contribution in [-0.4, -0.2) is 93.4 Å². The molecule has 0 saturated carbocycles. The topological polar surface area (TPSA) is 134 Å². The number of aromatic nitrogens is 2. The minimum Gasteiger partial charge on any atom is -0.444 e. The van der Waals surface area contributed by atoms with E-state index < -0.39 is 79.4 Å². The van der Waals surface area contributed by atoms with Crippen molar-refractivity contribution in [3.63, 3.8) is 0 Å². The molecule has 41 heavy (non-hydrogen) atoms. The number of ether oxygens (including phenoxy) is 2. The molecule has 2 N–H and O–H groups in total. The zero-order valence-corrected chi connectivity index (χ0v) is 23.2. The summed E-state index contributed by atoms with van der Waals surface area (Å²) in [6, 6.07) is -1.26. The van der Waals surface area contributed by atoms with Crippen LogP contribution in [0, 0.1) is 0 Å². The number of likely N-dealkylation sites (tertiary alicyclic amines) is 1. The maximum atomic E-state index is 14.1. The van der Waals surface area contributed by atoms with Crippen molar-refractivity contribution in [1.82, 2.24) is 25.1 Å². The number of nitrogens with one attached hydrogen (secondary N) is 1. The first-order valence-corrected chi connectivity index (χ1v) is 13.0. The van der Waals surface area contributed by atoms with Crippen molar-refractivity contribution < 1.29 is 50.9 Å². The Morgan fingerprint density at radius 1 is 1.20 bits per heavy atom. The number of carbonyl (C=O) groups is 3. The monoisotopic (exact) mass is 595 g/mol. The number of hydrogen-bond acceptors (Lipinski definition) is 8. The summed E-state index contributed by atoms with van der Waals surface area (Å²) < 4.78 is 79.6. The average molecular weight is 596 g/mol. The van der Waals surface area contributed by atoms with Gasteiger partial charge in [0.15, 0.2) is 11.9 Å². The molecule has 1 unspecified atom stereocenters. The highest BCUT2D eigenvalue weighted by atomic mass is 19.4. The van der Waals surface area contributed by atoms with E-state index in [1.54, 1.807) is 20.8 Å². The van der Waals surface area contributed by atoms with Crippen molar-refractivity contribution in [3.05, 3.63) is 22.8 Å². The molecule has 0 spiro atoms. The van der Waals surface area contributed by atoms with Crippen molar-refractivity contribution in [2.75, 3.05) is 26.8 Å². The van der Waals surface area contributed by atoms with Crippen LogP contribution in [-0.2, 0) is 44.6 Å². The Bertz CT molecular complexity index is 1140. The second-order valence-electron chi connectivity index (χ2n) is 10.9. The van der Waals surface area contributed by atoms with Crippen molar-refractivity contribution in [1.29, 1.82) is 0 Å². The van der Waals surface area contributed by atoms with E-state index in [4.69, 9.17) is 9.47 Å². The Morgan fingerprint density at radius 2 is 1.88 bits per heavy atom. The molecule has 16 heteroatoms. The average Bonchev–Trinajstić information content (AvgIpc) is 2.85. The SMILES string of the molecule is COCCc1nc2c(c(C(F)(F)F)n1)CCN(C(=O)C[C@@H](CN1C(=O)CCC(F)(F)C1O)NC(=O)OC(C)(C)C)C2. The number of hydrogen-bond donors (Lipinski definition) is 2. The van der Waals surface area contributed by atoms with Gasteiger partial charge in [0, 0.05) is 51.4 Å². The maximum Gasteiger partial charge on any atom is 0.433 e. The van der Waals surface area contributed by atoms with Gasteiger partial charge in [-0.3, -0.25) is 9.59 Å². The summed E-state index contributed by atoms with van der Waals surface area (Å²) in [6.45, 7) is 3.76. The quantitative estimate of drug-likeness (QED) is 0.438. The molecule has 2 atom stereocenters. The van der Waals surface area contributed by atoms with Gasteiger partial charge in [-0.25, -0.2) is 23.5 Å². The molecule has 230 valence electrons. The summed E-state index contributed by atoms with van der Waals surface area (Å²) in [5.41, 5.74) is -2.14. The third-order valence-electron chi connectivity index (χ3n) is 6.49. The Labute approximate surface area is 233 Å². The normalized spacial score (nSPS) is 20.0. The maximum absolute atomic E-state index is 14.1. The zero-order valence-electron chi connectivity index (χ0n) is 23.2. The first kappa shape index (κ1) is 32.4. The van der Waals surface area contributed by atoms with Gasteiger partial charge in [-0.15, -0.1) is 0 Å². The number of rotatable bonds is 8. The minimum absolute atomic E-state index is 0.0101. The summed E-state index contributed by atoms with van der Waals surface area (Å²) in [7, 11) is 1.38. The van der Waals surface area contributed by atoms with Gasteiger partial charge in [0.25, 0.3) is 5.92 Å². The van der Waals surface area contributed by atoms with Gasteiger partial charge < -0.3 is 29.7 Å². The molecule has 11 nitrogen and oxygen atoms in total. The lowest BCUT2D eigenvalue weighted by Crippen LogP contribution is -2.59. The molecule has 1 fully saturated rings. The van der Waals surface area contributed by atoms with Gasteiger partial charge in [0.1, 0.15) is 11.4 Å². The van der Waals surface area contributed by atoms with Gasteiger partial charge in [-0.2, -0.15) is 13.2 Å². The number of aliphatic hydroxyl groups excluding tert-OH is 1. The highest BCUT2D eigenvalue weighted by Crippen LogP contribution is 2.35. The molecule has 0 aliphatic carbocycles. The lowest BCUT2D eigenvalue weighted by molar-refractivity contribution is -0.205. The van der Waals surface area contributed by atoms with Crippen LogP contribution in [0.5, 0.6) is 0 Å². The number of amides is 3. The Balaban J connectivity index is 1.83. The van der Waals surface area contributed by atoms with Crippen molar-refractivity contribution >= 4 is 17.9 Å². The van der Waals surface area contributed by atoms with Crippen LogP contribution >= 0.6 is 0 Å². The van der Waals surface area contributed by atoms with Gasteiger partial charge in [0.05, 0.1) is 24.9 Å². The van der Waals surface area contributed by atoms with E-state index in [1.807, 2.05) is 0 Å². The summed E-state index contributed by atoms with van der Waals surface area (Å²) in [5.74, 6) is -5.14. The molecule has 2 aliphatic rings. The molecule has 1 aromatic heterocycles. The number of methoxy groups -OCH3 is 1. The summed E-state index contributed by atoms with van der Waals surface area (Å²) in [6.07, 6.45) is -10.3. The third kappa shape index (κ3) is 8.44. The van der Waals surface area contributed by atoms with E-state index in [1.165, 1.54) is 12.0 Å². The highest BCUT2D eigenvalue weighted by molar-refractivity contribution is 5.80. The molecule has 1 saturated heterocycles. The van der Waals surface area contributed by atoms with E-state index in [-0.39, 0.29) is 49.6 Å². The molecule has 3 heterocycles. The second kappa shape index (κ2) is 12.4. The summed E-state index contributed by atoms with van der Waals surface area (Å²) in [4.78, 5) is 47.7. The molecule has 0 radical (unpaired) electrons. The predicted octanol–water partition coefficient (Wildman–Crippen LogP) is 2.43. The van der Waals surface area contributed by atoms with Crippen molar-refractivity contribution in [2.24, 2.45) is 0 Å². The Morgan fingerprint density at radius 3 is 2.49 bits per heavy atom. The van der Waals surface area contributed by atoms with Crippen molar-refractivity contribution in [2.45, 2.75) is 89.4 Å². The first-order valence-electron chi connectivity index (χ1n) is 13.0. The Kier molecular flexibility index (Phi) is 9.78. The molecule has 2 aliphatic heterocycles. The van der Waals surface area contributed by atoms with Gasteiger partial charge in [0.2, 0.25) is 11.8 Å². The van der Waals surface area contributed by atoms with Crippen molar-refractivity contribution in [3.8, 4) is 0 Å². The number of alkyl carbamates (subject to hydrolysis) is 1. The van der Waals surface area contributed by atoms with Crippen LogP contribution in [0.4, 0.5) is 26.7 Å². The van der Waals surface area contributed by atoms with Crippen LogP contribution in [0.2, 0.25) is 0 Å². The highest BCUT2D eigenvalue weighted by Gasteiger charge is 2.49. The van der Waals surface area contributed by atoms with Gasteiger partial charge in [-0.05, 0) is 27.2 Å². The van der Waals surface area contributed by atoms with E-state index in [9.17, 15) is 41.4 Å². The fraction of sp³-hybridized carbons (Fsp3) is 0.720. The van der Waals surface area contributed by atoms with E-state index in [2.05, 4.69) is 15.3 Å². The standard InChI is InChI=1S/C25H34F5N5O6/c1-23(2,3)41-22(39)31-14(12-35-18(36)5-8-24(26,27)21(35)38)11-19(37)34-9-6-15-16(13-34)32-17(7-10-40-4)33-20(15)25(28,29)30/h14,21,38H,5-13H2,1-4H3,(H,31,39)/t14-,21?/m0/s1. The van der Waals surface area contributed by atoms with E-state index in [0.717, 1.165) is 0 Å². The number of aliphatic hydroxyl groups is 1. The van der Waals surface area contributed by atoms with Crippen LogP contribution in [0.1, 0.15) is 62.8 Å². The van der Waals surface area contributed by atoms with Gasteiger partial charge >= 0.3 is 12.3 Å². The fourth-order valence-electron chi connectivity index (χ4n) is 4.56. The molecule has 3 rings (SSSR count). The molecule has 0 aromatic carbocycles. The zero-order chi connectivity index (χ0) is 30.8. The number of alkyl halides is 5. The lowest BCUT2D eigenvalue weighted by Gasteiger charge is -2.39. The van der Waals surface area contributed by atoms with Crippen LogP contribution in [0.3, 0.4) is 0 Å². The molecule has 1 aromatic rings. The van der Waals surface area contributed by atoms with E-state index in [0.29, 0.717) is 4.90 Å². The fourth-order valence-corrected chi connectivity index (χ4v) is 4.56. The summed E-state index contributed by atoms with van der Waals surface area (Å²) in [5, 5.41) is 12.5. The predicted molar refractivity (Wildman–Crippen MR) is 131 cm³/mol. The number of piperidine rings is 1. The molecular weight excluding hydrogens is 561 g/mol. The smallest absolute Gasteiger partial charge is 0.433 e. The van der Waals surface area contributed by atoms with Crippen LogP contribution < -0.4 is 5.32 Å². The van der Waals surface area contributed by atoms with Crippen LogP contribution in [0.15, 0.2) is 0 Å². The third-order valence-corrected chi connectivity index (χ3v) is 6.49. The minimum atomic E-state index is -4.74. The number of halogens is 5.